The van der Waals surface area contributed by atoms with Gasteiger partial charge >= 0.3 is 0 Å². The summed E-state index contributed by atoms with van der Waals surface area (Å²) in [6.45, 7) is 4.18. The molecule has 8 nitrogen and oxygen atoms in total. The van der Waals surface area contributed by atoms with Crippen LogP contribution in [0.5, 0.6) is 0 Å². The first-order chi connectivity index (χ1) is 16.0. The van der Waals surface area contributed by atoms with Crippen LogP contribution in [0.15, 0.2) is 45.7 Å². The minimum Gasteiger partial charge on any atom is -0.420 e. The second kappa shape index (κ2) is 8.30. The highest BCUT2D eigenvalue weighted by Gasteiger charge is 2.43. The van der Waals surface area contributed by atoms with E-state index >= 15 is 4.39 Å². The Morgan fingerprint density at radius 1 is 1.24 bits per heavy atom. The Morgan fingerprint density at radius 3 is 2.62 bits per heavy atom. The maximum Gasteiger partial charge on any atom is 0.250 e. The molecule has 0 bridgehead atoms. The highest BCUT2D eigenvalue weighted by Crippen LogP contribution is 2.38. The molecule has 2 aliphatic rings. The van der Waals surface area contributed by atoms with Crippen molar-refractivity contribution in [1.29, 1.82) is 0 Å². The van der Waals surface area contributed by atoms with Gasteiger partial charge in [-0.2, -0.15) is 0 Å². The molecule has 1 fully saturated rings. The number of sulfone groups is 1. The maximum absolute atomic E-state index is 15.2. The predicted octanol–water partition coefficient (Wildman–Crippen LogP) is 2.85. The van der Waals surface area contributed by atoms with E-state index in [4.69, 9.17) is 21.8 Å². The van der Waals surface area contributed by atoms with Gasteiger partial charge in [0.15, 0.2) is 9.84 Å². The van der Waals surface area contributed by atoms with Gasteiger partial charge in [-0.25, -0.2) is 12.8 Å². The number of fused-ring (bicyclic) bond motifs is 1. The molecule has 0 radical (unpaired) electrons. The van der Waals surface area contributed by atoms with Crippen molar-refractivity contribution in [3.05, 3.63) is 58.7 Å². The summed E-state index contributed by atoms with van der Waals surface area (Å²) in [5, 5.41) is 8.83. The van der Waals surface area contributed by atoms with Crippen LogP contribution in [0.1, 0.15) is 18.4 Å². The number of aromatic nitrogens is 2. The van der Waals surface area contributed by atoms with E-state index < -0.39 is 21.7 Å². The van der Waals surface area contributed by atoms with Crippen LogP contribution in [0.2, 0.25) is 5.02 Å². The summed E-state index contributed by atoms with van der Waals surface area (Å²) in [4.78, 5) is 3.87. The van der Waals surface area contributed by atoms with Gasteiger partial charge in [0.2, 0.25) is 5.89 Å². The van der Waals surface area contributed by atoms with Gasteiger partial charge in [-0.05, 0) is 43.8 Å². The molecule has 2 N–H and O–H groups in total. The number of likely N-dealkylation sites (N-methyl/N-ethyl adjacent to an activating group) is 1. The molecule has 1 saturated heterocycles. The Bertz CT molecular complexity index is 1340. The number of hydrogen-bond donors (Lipinski definition) is 1. The number of likely N-dealkylation sites (tertiary alicyclic amines) is 1. The van der Waals surface area contributed by atoms with Gasteiger partial charge in [-0.15, -0.1) is 10.2 Å². The first-order valence-corrected chi connectivity index (χ1v) is 12.9. The van der Waals surface area contributed by atoms with E-state index in [-0.39, 0.29) is 34.1 Å². The van der Waals surface area contributed by atoms with Crippen molar-refractivity contribution in [2.75, 3.05) is 37.3 Å². The standard InChI is InChI=1S/C23H25ClFN5O3S/c1-23(12-29(2)13-23)22-28-27-21(33-22)17-7-19-20(8-18(17)25)34(31,32)11-16(26)10-30(19)9-14-3-5-15(24)6-4-14/h3-8,16H,9-13,26H2,1-2H3/t16-/m1/s1. The smallest absolute Gasteiger partial charge is 0.250 e. The zero-order valence-corrected chi connectivity index (χ0v) is 20.4. The van der Waals surface area contributed by atoms with Gasteiger partial charge in [-0.3, -0.25) is 0 Å². The molecule has 180 valence electrons. The fourth-order valence-corrected chi connectivity index (χ4v) is 6.59. The molecular weight excluding hydrogens is 481 g/mol. The van der Waals surface area contributed by atoms with Crippen molar-refractivity contribution in [3.63, 3.8) is 0 Å². The lowest BCUT2D eigenvalue weighted by Gasteiger charge is -2.43. The SMILES string of the molecule is CN1CC(C)(c2nnc(-c3cc4c(cc3F)S(=O)(=O)C[C@H](N)CN4Cc3ccc(Cl)cc3)o2)C1. The molecule has 2 aliphatic heterocycles. The van der Waals surface area contributed by atoms with E-state index in [0.717, 1.165) is 24.7 Å². The molecule has 2 aromatic carbocycles. The molecular formula is C23H25ClFN5O3S. The summed E-state index contributed by atoms with van der Waals surface area (Å²) in [7, 11) is -1.81. The third kappa shape index (κ3) is 4.19. The van der Waals surface area contributed by atoms with Crippen LogP contribution < -0.4 is 10.6 Å². The van der Waals surface area contributed by atoms with Crippen LogP contribution in [0.4, 0.5) is 10.1 Å². The number of rotatable bonds is 4. The summed E-state index contributed by atoms with van der Waals surface area (Å²) in [6.07, 6.45) is 0. The Morgan fingerprint density at radius 2 is 1.94 bits per heavy atom. The van der Waals surface area contributed by atoms with Gasteiger partial charge in [0.1, 0.15) is 5.82 Å². The Balaban J connectivity index is 1.58. The fraction of sp³-hybridized carbons (Fsp3) is 0.391. The van der Waals surface area contributed by atoms with Gasteiger partial charge in [0.05, 0.1) is 27.3 Å². The molecule has 3 aromatic rings. The van der Waals surface area contributed by atoms with Gasteiger partial charge in [0.25, 0.3) is 5.89 Å². The zero-order chi connectivity index (χ0) is 24.3. The lowest BCUT2D eigenvalue weighted by Crippen LogP contribution is -2.55. The van der Waals surface area contributed by atoms with Crippen LogP contribution in [-0.2, 0) is 21.8 Å². The third-order valence-corrected chi connectivity index (χ3v) is 8.43. The molecule has 0 unspecified atom stereocenters. The number of anilines is 1. The maximum atomic E-state index is 15.2. The van der Waals surface area contributed by atoms with Crippen LogP contribution in [0.3, 0.4) is 0 Å². The van der Waals surface area contributed by atoms with Crippen molar-refractivity contribution in [1.82, 2.24) is 15.1 Å². The van der Waals surface area contributed by atoms with Crippen molar-refractivity contribution in [2.24, 2.45) is 5.73 Å². The molecule has 0 amide bonds. The number of benzene rings is 2. The summed E-state index contributed by atoms with van der Waals surface area (Å²) >= 11 is 6.00. The summed E-state index contributed by atoms with van der Waals surface area (Å²) < 4.78 is 47.1. The number of nitrogens with two attached hydrogens (primary N) is 1. The molecule has 11 heteroatoms. The van der Waals surface area contributed by atoms with Crippen LogP contribution >= 0.6 is 11.6 Å². The van der Waals surface area contributed by atoms with E-state index in [1.165, 1.54) is 6.07 Å². The lowest BCUT2D eigenvalue weighted by molar-refractivity contribution is 0.0852. The number of halogens is 2. The van der Waals surface area contributed by atoms with Gasteiger partial charge in [-0.1, -0.05) is 23.7 Å². The second-order valence-electron chi connectivity index (χ2n) is 9.49. The first-order valence-electron chi connectivity index (χ1n) is 10.9. The molecule has 0 aliphatic carbocycles. The van der Waals surface area contributed by atoms with E-state index in [2.05, 4.69) is 15.1 Å². The number of hydrogen-bond acceptors (Lipinski definition) is 8. The van der Waals surface area contributed by atoms with Crippen molar-refractivity contribution < 1.29 is 17.2 Å². The van der Waals surface area contributed by atoms with E-state index in [0.29, 0.717) is 23.1 Å². The molecule has 1 aromatic heterocycles. The van der Waals surface area contributed by atoms with E-state index in [1.54, 1.807) is 12.1 Å². The van der Waals surface area contributed by atoms with Gasteiger partial charge < -0.3 is 20.0 Å². The fourth-order valence-electron chi connectivity index (χ4n) is 4.83. The monoisotopic (exact) mass is 505 g/mol. The molecule has 3 heterocycles. The summed E-state index contributed by atoms with van der Waals surface area (Å²) in [5.41, 5.74) is 7.18. The minimum atomic E-state index is -3.80. The molecule has 1 atom stereocenters. The topological polar surface area (TPSA) is 106 Å². The van der Waals surface area contributed by atoms with E-state index in [1.807, 2.05) is 31.0 Å². The highest BCUT2D eigenvalue weighted by molar-refractivity contribution is 7.91. The Hall–Kier alpha value is -2.53. The summed E-state index contributed by atoms with van der Waals surface area (Å²) in [6, 6.07) is 9.12. The third-order valence-electron chi connectivity index (χ3n) is 6.31. The van der Waals surface area contributed by atoms with Crippen LogP contribution in [0.25, 0.3) is 11.5 Å². The molecule has 0 saturated carbocycles. The largest absolute Gasteiger partial charge is 0.420 e. The quantitative estimate of drug-likeness (QED) is 0.577. The molecule has 34 heavy (non-hydrogen) atoms. The van der Waals surface area contributed by atoms with E-state index in [9.17, 15) is 8.42 Å². The second-order valence-corrected chi connectivity index (χ2v) is 11.9. The van der Waals surface area contributed by atoms with Crippen LogP contribution in [-0.4, -0.2) is 62.0 Å². The number of nitrogens with zero attached hydrogens (tertiary/aromatic N) is 4. The average molecular weight is 506 g/mol. The van der Waals surface area contributed by atoms with Crippen LogP contribution in [0, 0.1) is 5.82 Å². The first kappa shape index (κ1) is 23.2. The Kier molecular flexibility index (Phi) is 5.67. The highest BCUT2D eigenvalue weighted by atomic mass is 35.5. The van der Waals surface area contributed by atoms with Crippen molar-refractivity contribution in [2.45, 2.75) is 29.8 Å². The van der Waals surface area contributed by atoms with Crippen molar-refractivity contribution >= 4 is 27.1 Å². The minimum absolute atomic E-state index is 0.0171. The normalized spacial score (nSPS) is 21.6. The predicted molar refractivity (Wildman–Crippen MR) is 127 cm³/mol. The average Bonchev–Trinajstić information content (AvgIpc) is 3.21. The molecule has 0 spiro atoms. The van der Waals surface area contributed by atoms with Crippen molar-refractivity contribution in [3.8, 4) is 11.5 Å². The molecule has 5 rings (SSSR count). The zero-order valence-electron chi connectivity index (χ0n) is 18.8. The summed E-state index contributed by atoms with van der Waals surface area (Å²) in [5.74, 6) is -0.562. The van der Waals surface area contributed by atoms with Gasteiger partial charge in [0, 0.05) is 37.2 Å². The lowest BCUT2D eigenvalue weighted by atomic mass is 9.82. The Labute approximate surface area is 202 Å².